The summed E-state index contributed by atoms with van der Waals surface area (Å²) >= 11 is 0. The molecule has 1 aromatic carbocycles. The fourth-order valence-electron chi connectivity index (χ4n) is 2.72. The zero-order valence-electron chi connectivity index (χ0n) is 12.9. The number of hydrogen-bond acceptors (Lipinski definition) is 1. The maximum absolute atomic E-state index is 11.4. The number of carbonyl (C=O) groups is 1. The van der Waals surface area contributed by atoms with Gasteiger partial charge in [-0.25, -0.2) is 4.79 Å². The van der Waals surface area contributed by atoms with Crippen molar-refractivity contribution in [3.05, 3.63) is 35.0 Å². The lowest BCUT2D eigenvalue weighted by atomic mass is 9.84. The molecule has 0 radical (unpaired) electrons. The predicted molar refractivity (Wildman–Crippen MR) is 82.6 cm³/mol. The van der Waals surface area contributed by atoms with Gasteiger partial charge in [0.1, 0.15) is 0 Å². The van der Waals surface area contributed by atoms with Crippen LogP contribution >= 0.6 is 0 Å². The third-order valence-corrected chi connectivity index (χ3v) is 3.69. The summed E-state index contributed by atoms with van der Waals surface area (Å²) in [6.45, 7) is 11.6. The number of aromatic nitrogens is 1. The normalized spacial score (nSPS) is 12.1. The van der Waals surface area contributed by atoms with Crippen LogP contribution in [0.5, 0.6) is 0 Å². The van der Waals surface area contributed by atoms with E-state index in [1.807, 2.05) is 13.0 Å². The third kappa shape index (κ3) is 2.45. The number of rotatable bonds is 3. The molecule has 2 rings (SSSR count). The van der Waals surface area contributed by atoms with Gasteiger partial charge in [-0.3, -0.25) is 0 Å². The van der Waals surface area contributed by atoms with Crippen molar-refractivity contribution >= 4 is 16.9 Å². The summed E-state index contributed by atoms with van der Waals surface area (Å²) in [5.41, 5.74) is 3.72. The fraction of sp³-hybridized carbons (Fsp3) is 0.471. The van der Waals surface area contributed by atoms with Gasteiger partial charge < -0.3 is 9.67 Å². The molecule has 0 saturated carbocycles. The minimum absolute atomic E-state index is 0.0833. The SMILES string of the molecule is CCCn1cc(C)c2cc(C(=O)O)cc(C(C)(C)C)c21. The van der Waals surface area contributed by atoms with Crippen LogP contribution in [0.25, 0.3) is 10.9 Å². The van der Waals surface area contributed by atoms with Gasteiger partial charge in [-0.05, 0) is 42.0 Å². The highest BCUT2D eigenvalue weighted by atomic mass is 16.4. The van der Waals surface area contributed by atoms with Gasteiger partial charge in [-0.2, -0.15) is 0 Å². The van der Waals surface area contributed by atoms with Crippen LogP contribution in [0.15, 0.2) is 18.3 Å². The molecule has 0 fully saturated rings. The average Bonchev–Trinajstić information content (AvgIpc) is 2.65. The molecule has 0 bridgehead atoms. The Morgan fingerprint density at radius 2 is 1.95 bits per heavy atom. The third-order valence-electron chi connectivity index (χ3n) is 3.69. The van der Waals surface area contributed by atoms with E-state index in [0.717, 1.165) is 29.5 Å². The van der Waals surface area contributed by atoms with E-state index in [9.17, 15) is 9.90 Å². The zero-order chi connectivity index (χ0) is 15.1. The predicted octanol–water partition coefficient (Wildman–Crippen LogP) is 4.36. The van der Waals surface area contributed by atoms with E-state index in [-0.39, 0.29) is 5.41 Å². The molecule has 0 aliphatic heterocycles. The van der Waals surface area contributed by atoms with Gasteiger partial charge in [-0.1, -0.05) is 27.7 Å². The maximum Gasteiger partial charge on any atom is 0.335 e. The van der Waals surface area contributed by atoms with E-state index in [4.69, 9.17) is 0 Å². The first-order valence-corrected chi connectivity index (χ1v) is 7.13. The van der Waals surface area contributed by atoms with Crippen molar-refractivity contribution in [1.82, 2.24) is 4.57 Å². The lowest BCUT2D eigenvalue weighted by molar-refractivity contribution is 0.0697. The lowest BCUT2D eigenvalue weighted by Crippen LogP contribution is -2.15. The molecule has 2 aromatic rings. The summed E-state index contributed by atoms with van der Waals surface area (Å²) in [6, 6.07) is 3.63. The van der Waals surface area contributed by atoms with Crippen LogP contribution < -0.4 is 0 Å². The standard InChI is InChI=1S/C17H23NO2/c1-6-7-18-10-11(2)13-8-12(16(19)20)9-14(15(13)18)17(3,4)5/h8-10H,6-7H2,1-5H3,(H,19,20). The van der Waals surface area contributed by atoms with Crippen LogP contribution in [0, 0.1) is 6.92 Å². The molecule has 3 heteroatoms. The molecule has 0 spiro atoms. The monoisotopic (exact) mass is 273 g/mol. The molecule has 0 aliphatic rings. The molecule has 3 nitrogen and oxygen atoms in total. The van der Waals surface area contributed by atoms with Gasteiger partial charge in [0.25, 0.3) is 0 Å². The molecule has 0 atom stereocenters. The first-order valence-electron chi connectivity index (χ1n) is 7.13. The van der Waals surface area contributed by atoms with Crippen LogP contribution in [0.1, 0.15) is 55.6 Å². The lowest BCUT2D eigenvalue weighted by Gasteiger charge is -2.22. The molecular formula is C17H23NO2. The Morgan fingerprint density at radius 3 is 2.45 bits per heavy atom. The summed E-state index contributed by atoms with van der Waals surface area (Å²) < 4.78 is 2.26. The molecule has 0 saturated heterocycles. The number of benzene rings is 1. The van der Waals surface area contributed by atoms with Gasteiger partial charge in [0.05, 0.1) is 11.1 Å². The highest BCUT2D eigenvalue weighted by Crippen LogP contribution is 2.34. The summed E-state index contributed by atoms with van der Waals surface area (Å²) in [4.78, 5) is 11.4. The Balaban J connectivity index is 2.87. The number of fused-ring (bicyclic) bond motifs is 1. The van der Waals surface area contributed by atoms with Crippen molar-refractivity contribution in [2.75, 3.05) is 0 Å². The van der Waals surface area contributed by atoms with Crippen LogP contribution in [0.4, 0.5) is 0 Å². The summed E-state index contributed by atoms with van der Waals surface area (Å²) in [7, 11) is 0. The number of carboxylic acid groups (broad SMARTS) is 1. The first kappa shape index (κ1) is 14.6. The smallest absolute Gasteiger partial charge is 0.335 e. The molecule has 108 valence electrons. The second-order valence-electron chi connectivity index (χ2n) is 6.48. The van der Waals surface area contributed by atoms with E-state index in [0.29, 0.717) is 5.56 Å². The van der Waals surface area contributed by atoms with E-state index in [1.54, 1.807) is 6.07 Å². The highest BCUT2D eigenvalue weighted by molar-refractivity contribution is 5.97. The van der Waals surface area contributed by atoms with E-state index < -0.39 is 5.97 Å². The molecule has 20 heavy (non-hydrogen) atoms. The van der Waals surface area contributed by atoms with E-state index >= 15 is 0 Å². The number of hydrogen-bond donors (Lipinski definition) is 1. The topological polar surface area (TPSA) is 42.2 Å². The minimum atomic E-state index is -0.861. The van der Waals surface area contributed by atoms with Crippen molar-refractivity contribution in [2.24, 2.45) is 0 Å². The van der Waals surface area contributed by atoms with Crippen LogP contribution in [0.2, 0.25) is 0 Å². The Labute approximate surface area is 120 Å². The minimum Gasteiger partial charge on any atom is -0.478 e. The number of aromatic carboxylic acids is 1. The largest absolute Gasteiger partial charge is 0.478 e. The van der Waals surface area contributed by atoms with Crippen LogP contribution in [-0.4, -0.2) is 15.6 Å². The number of aryl methyl sites for hydroxylation is 2. The van der Waals surface area contributed by atoms with E-state index in [2.05, 4.69) is 38.5 Å². The van der Waals surface area contributed by atoms with Gasteiger partial charge in [0.15, 0.2) is 0 Å². The fourth-order valence-corrected chi connectivity index (χ4v) is 2.72. The molecule has 0 unspecified atom stereocenters. The quantitative estimate of drug-likeness (QED) is 0.903. The molecule has 1 N–H and O–H groups in total. The van der Waals surface area contributed by atoms with Crippen molar-refractivity contribution in [3.8, 4) is 0 Å². The molecule has 1 aromatic heterocycles. The van der Waals surface area contributed by atoms with Crippen molar-refractivity contribution in [2.45, 2.75) is 53.0 Å². The molecule has 0 amide bonds. The Hall–Kier alpha value is -1.77. The molecule has 1 heterocycles. The first-order chi connectivity index (χ1) is 9.25. The van der Waals surface area contributed by atoms with Crippen molar-refractivity contribution in [3.63, 3.8) is 0 Å². The second kappa shape index (κ2) is 4.97. The molecule has 0 aliphatic carbocycles. The highest BCUT2D eigenvalue weighted by Gasteiger charge is 2.22. The van der Waals surface area contributed by atoms with Gasteiger partial charge in [0, 0.05) is 18.1 Å². The van der Waals surface area contributed by atoms with Crippen molar-refractivity contribution in [1.29, 1.82) is 0 Å². The number of nitrogens with zero attached hydrogens (tertiary/aromatic N) is 1. The van der Waals surface area contributed by atoms with Gasteiger partial charge in [-0.15, -0.1) is 0 Å². The second-order valence-corrected chi connectivity index (χ2v) is 6.48. The summed E-state index contributed by atoms with van der Waals surface area (Å²) in [5, 5.41) is 10.4. The maximum atomic E-state index is 11.4. The summed E-state index contributed by atoms with van der Waals surface area (Å²) in [5.74, 6) is -0.861. The van der Waals surface area contributed by atoms with Gasteiger partial charge >= 0.3 is 5.97 Å². The molecular weight excluding hydrogens is 250 g/mol. The van der Waals surface area contributed by atoms with E-state index in [1.165, 1.54) is 5.52 Å². The summed E-state index contributed by atoms with van der Waals surface area (Å²) in [6.07, 6.45) is 3.20. The van der Waals surface area contributed by atoms with Crippen LogP contribution in [-0.2, 0) is 12.0 Å². The average molecular weight is 273 g/mol. The Kier molecular flexibility index (Phi) is 3.63. The van der Waals surface area contributed by atoms with Crippen LogP contribution in [0.3, 0.4) is 0 Å². The Bertz CT molecular complexity index is 660. The zero-order valence-corrected chi connectivity index (χ0v) is 12.9. The van der Waals surface area contributed by atoms with Gasteiger partial charge in [0.2, 0.25) is 0 Å². The Morgan fingerprint density at radius 1 is 1.30 bits per heavy atom. The number of carboxylic acids is 1. The van der Waals surface area contributed by atoms with Crippen molar-refractivity contribution < 1.29 is 9.90 Å².